The zero-order valence-electron chi connectivity index (χ0n) is 7.95. The van der Waals surface area contributed by atoms with E-state index in [1.807, 2.05) is 0 Å². The van der Waals surface area contributed by atoms with Crippen molar-refractivity contribution in [3.8, 4) is 0 Å². The quantitative estimate of drug-likeness (QED) is 0.905. The first-order chi connectivity index (χ1) is 6.44. The van der Waals surface area contributed by atoms with Crippen LogP contribution < -0.4 is 5.32 Å². The van der Waals surface area contributed by atoms with Crippen LogP contribution in [0.3, 0.4) is 0 Å². The van der Waals surface area contributed by atoms with Gasteiger partial charge in [0.25, 0.3) is 0 Å². The molecule has 1 atom stereocenters. The first kappa shape index (κ1) is 11.7. The van der Waals surface area contributed by atoms with Gasteiger partial charge in [-0.05, 0) is 29.0 Å². The first-order valence-corrected chi connectivity index (χ1v) is 6.87. The van der Waals surface area contributed by atoms with Gasteiger partial charge >= 0.3 is 0 Å². The fourth-order valence-corrected chi connectivity index (χ4v) is 2.55. The van der Waals surface area contributed by atoms with Crippen molar-refractivity contribution in [1.29, 1.82) is 0 Å². The maximum Gasteiger partial charge on any atom is 0.149 e. The molecule has 0 saturated heterocycles. The van der Waals surface area contributed by atoms with Crippen molar-refractivity contribution in [2.24, 2.45) is 0 Å². The molecule has 0 saturated carbocycles. The highest BCUT2D eigenvalue weighted by molar-refractivity contribution is 9.10. The van der Waals surface area contributed by atoms with Crippen LogP contribution in [0.2, 0.25) is 0 Å². The fraction of sp³-hybridized carbons (Fsp3) is 0.500. The lowest BCUT2D eigenvalue weighted by atomic mass is 10.2. The van der Waals surface area contributed by atoms with Gasteiger partial charge in [-0.15, -0.1) is 0 Å². The molecule has 1 N–H and O–H groups in total. The molecule has 0 aliphatic carbocycles. The van der Waals surface area contributed by atoms with E-state index in [0.717, 1.165) is 4.47 Å². The van der Waals surface area contributed by atoms with Crippen LogP contribution in [0.5, 0.6) is 0 Å². The minimum Gasteiger partial charge on any atom is -0.466 e. The van der Waals surface area contributed by atoms with Gasteiger partial charge in [0.15, 0.2) is 0 Å². The van der Waals surface area contributed by atoms with Crippen molar-refractivity contribution in [3.63, 3.8) is 0 Å². The molecule has 6 heteroatoms. The molecule has 0 spiro atoms. The summed E-state index contributed by atoms with van der Waals surface area (Å²) in [6.07, 6.45) is 2.72. The van der Waals surface area contributed by atoms with Gasteiger partial charge in [-0.3, -0.25) is 0 Å². The van der Waals surface area contributed by atoms with Crippen LogP contribution in [0.15, 0.2) is 21.2 Å². The molecule has 1 aromatic rings. The molecule has 0 radical (unpaired) electrons. The van der Waals surface area contributed by atoms with Crippen LogP contribution >= 0.6 is 15.9 Å². The standard InChI is InChI=1S/C8H12BrNO3S/c1-10-7(5-14(2,11)12)8-6(9)3-4-13-8/h3-4,7,10H,5H2,1-2H3. The van der Waals surface area contributed by atoms with Crippen molar-refractivity contribution >= 4 is 25.8 Å². The average molecular weight is 282 g/mol. The second-order valence-corrected chi connectivity index (χ2v) is 6.11. The van der Waals surface area contributed by atoms with Gasteiger partial charge in [-0.2, -0.15) is 0 Å². The molecular formula is C8H12BrNO3S. The van der Waals surface area contributed by atoms with E-state index >= 15 is 0 Å². The van der Waals surface area contributed by atoms with E-state index in [9.17, 15) is 8.42 Å². The van der Waals surface area contributed by atoms with E-state index < -0.39 is 9.84 Å². The number of rotatable bonds is 4. The zero-order valence-corrected chi connectivity index (χ0v) is 10.4. The molecular weight excluding hydrogens is 270 g/mol. The van der Waals surface area contributed by atoms with Gasteiger partial charge in [0, 0.05) is 6.26 Å². The zero-order chi connectivity index (χ0) is 10.8. The summed E-state index contributed by atoms with van der Waals surface area (Å²) in [4.78, 5) is 0. The minimum absolute atomic E-state index is 0.0234. The van der Waals surface area contributed by atoms with E-state index in [0.29, 0.717) is 5.76 Å². The molecule has 14 heavy (non-hydrogen) atoms. The molecule has 0 bridgehead atoms. The number of nitrogens with one attached hydrogen (secondary N) is 1. The summed E-state index contributed by atoms with van der Waals surface area (Å²) < 4.78 is 28.2. The second kappa shape index (κ2) is 4.46. The van der Waals surface area contributed by atoms with Gasteiger partial charge in [-0.25, -0.2) is 8.42 Å². The fourth-order valence-electron chi connectivity index (χ4n) is 1.15. The Labute approximate surface area is 91.7 Å². The number of hydrogen-bond acceptors (Lipinski definition) is 4. The molecule has 1 rings (SSSR count). The molecule has 0 aliphatic rings. The lowest BCUT2D eigenvalue weighted by Crippen LogP contribution is -2.24. The Morgan fingerprint density at radius 1 is 1.64 bits per heavy atom. The molecule has 1 aromatic heterocycles. The lowest BCUT2D eigenvalue weighted by molar-refractivity contribution is 0.445. The average Bonchev–Trinajstić information content (AvgIpc) is 2.45. The van der Waals surface area contributed by atoms with Crippen molar-refractivity contribution in [2.45, 2.75) is 6.04 Å². The third-order valence-corrected chi connectivity index (χ3v) is 3.37. The lowest BCUT2D eigenvalue weighted by Gasteiger charge is -2.12. The maximum atomic E-state index is 11.1. The predicted octanol–water partition coefficient (Wildman–Crippen LogP) is 1.35. The smallest absolute Gasteiger partial charge is 0.149 e. The highest BCUT2D eigenvalue weighted by Gasteiger charge is 2.20. The van der Waals surface area contributed by atoms with E-state index in [2.05, 4.69) is 21.2 Å². The maximum absolute atomic E-state index is 11.1. The van der Waals surface area contributed by atoms with Crippen LogP contribution in [0.1, 0.15) is 11.8 Å². The number of halogens is 1. The van der Waals surface area contributed by atoms with Gasteiger partial charge in [0.1, 0.15) is 15.6 Å². The third kappa shape index (κ3) is 3.11. The minimum atomic E-state index is -3.02. The molecule has 0 aliphatic heterocycles. The Bertz CT molecular complexity index is 398. The van der Waals surface area contributed by atoms with Gasteiger partial charge in [-0.1, -0.05) is 0 Å². The van der Waals surface area contributed by atoms with Crippen molar-refractivity contribution in [3.05, 3.63) is 22.6 Å². The topological polar surface area (TPSA) is 59.3 Å². The normalized spacial score (nSPS) is 14.2. The van der Waals surface area contributed by atoms with Crippen LogP contribution in [0.25, 0.3) is 0 Å². The van der Waals surface area contributed by atoms with Crippen LogP contribution in [0, 0.1) is 0 Å². The monoisotopic (exact) mass is 281 g/mol. The summed E-state index contributed by atoms with van der Waals surface area (Å²) in [6, 6.07) is 1.43. The Kier molecular flexibility index (Phi) is 3.74. The second-order valence-electron chi connectivity index (χ2n) is 3.07. The number of hydrogen-bond donors (Lipinski definition) is 1. The van der Waals surface area contributed by atoms with Crippen LogP contribution in [-0.4, -0.2) is 27.5 Å². The van der Waals surface area contributed by atoms with Crippen molar-refractivity contribution in [1.82, 2.24) is 5.32 Å². The summed E-state index contributed by atoms with van der Waals surface area (Å²) >= 11 is 3.29. The van der Waals surface area contributed by atoms with Crippen molar-refractivity contribution in [2.75, 3.05) is 19.1 Å². The van der Waals surface area contributed by atoms with E-state index in [4.69, 9.17) is 4.42 Å². The van der Waals surface area contributed by atoms with Crippen molar-refractivity contribution < 1.29 is 12.8 Å². The van der Waals surface area contributed by atoms with E-state index in [-0.39, 0.29) is 11.8 Å². The van der Waals surface area contributed by atoms with Crippen LogP contribution in [0.4, 0.5) is 0 Å². The summed E-state index contributed by atoms with van der Waals surface area (Å²) in [6.45, 7) is 0. The van der Waals surface area contributed by atoms with Gasteiger partial charge < -0.3 is 9.73 Å². The largest absolute Gasteiger partial charge is 0.466 e. The Hall–Kier alpha value is -0.330. The summed E-state index contributed by atoms with van der Waals surface area (Å²) in [5, 5.41) is 2.90. The first-order valence-electron chi connectivity index (χ1n) is 4.02. The highest BCUT2D eigenvalue weighted by atomic mass is 79.9. The molecule has 0 fully saturated rings. The predicted molar refractivity (Wildman–Crippen MR) is 57.9 cm³/mol. The number of furan rings is 1. The Morgan fingerprint density at radius 3 is 2.64 bits per heavy atom. The van der Waals surface area contributed by atoms with Crippen LogP contribution in [-0.2, 0) is 9.84 Å². The summed E-state index contributed by atoms with van der Waals surface area (Å²) in [5.74, 6) is 0.633. The van der Waals surface area contributed by atoms with E-state index in [1.54, 1.807) is 13.1 Å². The summed E-state index contributed by atoms with van der Waals surface area (Å²) in [7, 11) is -1.32. The molecule has 0 aromatic carbocycles. The molecule has 80 valence electrons. The Balaban J connectivity index is 2.89. The molecule has 0 amide bonds. The molecule has 4 nitrogen and oxygen atoms in total. The third-order valence-electron chi connectivity index (χ3n) is 1.78. The van der Waals surface area contributed by atoms with Gasteiger partial charge in [0.05, 0.1) is 22.5 Å². The SMILES string of the molecule is CNC(CS(C)(=O)=O)c1occc1Br. The highest BCUT2D eigenvalue weighted by Crippen LogP contribution is 2.25. The van der Waals surface area contributed by atoms with Gasteiger partial charge in [0.2, 0.25) is 0 Å². The molecule has 1 unspecified atom stereocenters. The number of sulfone groups is 1. The summed E-state index contributed by atoms with van der Waals surface area (Å²) in [5.41, 5.74) is 0. The Morgan fingerprint density at radius 2 is 2.29 bits per heavy atom. The van der Waals surface area contributed by atoms with E-state index in [1.165, 1.54) is 12.5 Å². The molecule has 1 heterocycles.